The summed E-state index contributed by atoms with van der Waals surface area (Å²) in [4.78, 5) is 37.9. The van der Waals surface area contributed by atoms with Gasteiger partial charge in [-0.25, -0.2) is 4.79 Å². The number of amides is 2. The van der Waals surface area contributed by atoms with Gasteiger partial charge in [0.15, 0.2) is 0 Å². The van der Waals surface area contributed by atoms with Crippen molar-refractivity contribution in [3.63, 3.8) is 0 Å². The Morgan fingerprint density at radius 3 is 2.87 bits per heavy atom. The topological polar surface area (TPSA) is 86.7 Å². The van der Waals surface area contributed by atoms with Crippen molar-refractivity contribution in [1.82, 2.24) is 10.2 Å². The molecule has 2 amide bonds. The Balaban J connectivity index is 1.69. The van der Waals surface area contributed by atoms with Crippen LogP contribution in [-0.4, -0.2) is 50.7 Å². The van der Waals surface area contributed by atoms with Crippen LogP contribution in [0.25, 0.3) is 0 Å². The van der Waals surface area contributed by atoms with Crippen LogP contribution in [0.3, 0.4) is 0 Å². The molecule has 2 aliphatic rings. The van der Waals surface area contributed by atoms with Crippen LogP contribution in [0.2, 0.25) is 0 Å². The highest BCUT2D eigenvalue weighted by atomic mass is 32.2. The first-order valence-electron chi connectivity index (χ1n) is 6.85. The highest BCUT2D eigenvalue weighted by molar-refractivity contribution is 8.00. The Morgan fingerprint density at radius 2 is 2.26 bits per heavy atom. The van der Waals surface area contributed by atoms with Crippen molar-refractivity contribution in [1.29, 1.82) is 0 Å². The minimum absolute atomic E-state index is 0.0116. The molecule has 122 valence electrons. The van der Waals surface area contributed by atoms with Crippen LogP contribution in [0.15, 0.2) is 28.8 Å². The fraction of sp³-hybridized carbons (Fsp3) is 0.357. The molecule has 0 unspecified atom stereocenters. The van der Waals surface area contributed by atoms with Crippen LogP contribution in [0.5, 0.6) is 0 Å². The van der Waals surface area contributed by atoms with E-state index in [4.69, 9.17) is 0 Å². The number of nitrogens with zero attached hydrogens (tertiary/aromatic N) is 1. The molecule has 1 aromatic heterocycles. The number of thiol groups is 1. The summed E-state index contributed by atoms with van der Waals surface area (Å²) in [6.07, 6.45) is 0.225. The third-order valence-corrected chi connectivity index (χ3v) is 6.27. The molecule has 2 N–H and O–H groups in total. The lowest BCUT2D eigenvalue weighted by molar-refractivity contribution is -0.150. The van der Waals surface area contributed by atoms with Crippen molar-refractivity contribution in [3.8, 4) is 0 Å². The Labute approximate surface area is 146 Å². The van der Waals surface area contributed by atoms with Gasteiger partial charge in [-0.1, -0.05) is 6.07 Å². The van der Waals surface area contributed by atoms with Crippen LogP contribution in [0, 0.1) is 0 Å². The molecule has 2 aliphatic heterocycles. The molecule has 0 aliphatic carbocycles. The van der Waals surface area contributed by atoms with Crippen molar-refractivity contribution >= 4 is 53.5 Å². The summed E-state index contributed by atoms with van der Waals surface area (Å²) in [5.41, 5.74) is 0.635. The lowest BCUT2D eigenvalue weighted by Gasteiger charge is -2.49. The van der Waals surface area contributed by atoms with Gasteiger partial charge in [-0.15, -0.1) is 23.1 Å². The molecule has 0 radical (unpaired) electrons. The second-order valence-electron chi connectivity index (χ2n) is 5.13. The average Bonchev–Trinajstić information content (AvgIpc) is 3.03. The molecule has 3 heterocycles. The number of aliphatic carboxylic acids is 1. The molecule has 6 nitrogen and oxygen atoms in total. The summed E-state index contributed by atoms with van der Waals surface area (Å²) in [7, 11) is 0. The van der Waals surface area contributed by atoms with Gasteiger partial charge in [-0.3, -0.25) is 14.5 Å². The van der Waals surface area contributed by atoms with Crippen LogP contribution in [0.4, 0.5) is 0 Å². The zero-order chi connectivity index (χ0) is 16.6. The molecule has 9 heteroatoms. The second-order valence-corrected chi connectivity index (χ2v) is 7.58. The van der Waals surface area contributed by atoms with E-state index in [9.17, 15) is 19.5 Å². The predicted molar refractivity (Wildman–Crippen MR) is 91.6 cm³/mol. The first-order chi connectivity index (χ1) is 11.0. The number of hydrogen-bond donors (Lipinski definition) is 3. The van der Waals surface area contributed by atoms with Crippen molar-refractivity contribution < 1.29 is 19.5 Å². The van der Waals surface area contributed by atoms with E-state index in [2.05, 4.69) is 17.9 Å². The lowest BCUT2D eigenvalue weighted by Crippen LogP contribution is -2.70. The third-order valence-electron chi connectivity index (χ3n) is 3.67. The average molecular weight is 370 g/mol. The number of carboxylic acids is 1. The fourth-order valence-electron chi connectivity index (χ4n) is 2.60. The van der Waals surface area contributed by atoms with Gasteiger partial charge in [0.1, 0.15) is 17.1 Å². The molecule has 0 bridgehead atoms. The molecule has 1 aromatic rings. The fourth-order valence-corrected chi connectivity index (χ4v) is 5.06. The van der Waals surface area contributed by atoms with E-state index < -0.39 is 12.0 Å². The molecule has 0 saturated carbocycles. The molecule has 0 aromatic carbocycles. The van der Waals surface area contributed by atoms with E-state index in [0.717, 1.165) is 4.88 Å². The maximum atomic E-state index is 12.3. The summed E-state index contributed by atoms with van der Waals surface area (Å²) < 4.78 is 0. The van der Waals surface area contributed by atoms with Crippen molar-refractivity contribution in [2.24, 2.45) is 0 Å². The van der Waals surface area contributed by atoms with Crippen LogP contribution in [0.1, 0.15) is 4.88 Å². The Kier molecular flexibility index (Phi) is 4.69. The number of carbonyl (C=O) groups excluding carboxylic acids is 2. The van der Waals surface area contributed by atoms with E-state index in [0.29, 0.717) is 17.1 Å². The summed E-state index contributed by atoms with van der Waals surface area (Å²) >= 11 is 7.06. The number of nitrogens with one attached hydrogen (secondary N) is 1. The van der Waals surface area contributed by atoms with E-state index in [1.54, 1.807) is 0 Å². The van der Waals surface area contributed by atoms with Gasteiger partial charge in [0.25, 0.3) is 5.91 Å². The summed E-state index contributed by atoms with van der Waals surface area (Å²) in [5, 5.41) is 13.6. The normalized spacial score (nSPS) is 23.3. The van der Waals surface area contributed by atoms with E-state index in [1.807, 2.05) is 17.5 Å². The first kappa shape index (κ1) is 16.4. The molecule has 1 fully saturated rings. The minimum atomic E-state index is -1.13. The standard InChI is InChI=1S/C14H14N2O4S3/c17-9(4-8-2-1-3-22-8)15-10-12(18)16-11(14(19)20)7(5-21)6-23-13(10)16/h1-3,10,13,21H,4-6H2,(H,15,17)(H,19,20)/t10-,13+/m1/s1. The van der Waals surface area contributed by atoms with Gasteiger partial charge < -0.3 is 10.4 Å². The van der Waals surface area contributed by atoms with Crippen molar-refractivity contribution in [2.45, 2.75) is 17.8 Å². The number of hydrogen-bond acceptors (Lipinski definition) is 6. The summed E-state index contributed by atoms with van der Waals surface area (Å²) in [6.45, 7) is 0. The highest BCUT2D eigenvalue weighted by Gasteiger charge is 2.53. The van der Waals surface area contributed by atoms with Crippen LogP contribution < -0.4 is 5.32 Å². The van der Waals surface area contributed by atoms with Gasteiger partial charge >= 0.3 is 5.97 Å². The van der Waals surface area contributed by atoms with Crippen molar-refractivity contribution in [3.05, 3.63) is 33.7 Å². The first-order valence-corrected chi connectivity index (χ1v) is 9.41. The number of carboxylic acid groups (broad SMARTS) is 1. The second kappa shape index (κ2) is 6.58. The zero-order valence-corrected chi connectivity index (χ0v) is 14.4. The lowest BCUT2D eigenvalue weighted by atomic mass is 10.0. The molecular formula is C14H14N2O4S3. The number of rotatable bonds is 5. The van der Waals surface area contributed by atoms with Crippen molar-refractivity contribution in [2.75, 3.05) is 11.5 Å². The van der Waals surface area contributed by atoms with Crippen LogP contribution >= 0.6 is 35.7 Å². The molecule has 3 rings (SSSR count). The molecule has 1 saturated heterocycles. The Bertz CT molecular complexity index is 686. The van der Waals surface area contributed by atoms with Crippen LogP contribution in [-0.2, 0) is 20.8 Å². The summed E-state index contributed by atoms with van der Waals surface area (Å²) in [5.74, 6) is -0.946. The largest absolute Gasteiger partial charge is 0.477 e. The maximum absolute atomic E-state index is 12.3. The monoisotopic (exact) mass is 370 g/mol. The van der Waals surface area contributed by atoms with Gasteiger partial charge in [0.2, 0.25) is 5.91 Å². The molecule has 2 atom stereocenters. The maximum Gasteiger partial charge on any atom is 0.352 e. The Morgan fingerprint density at radius 1 is 1.48 bits per heavy atom. The van der Waals surface area contributed by atoms with Gasteiger partial charge in [0, 0.05) is 16.4 Å². The summed E-state index contributed by atoms with van der Waals surface area (Å²) in [6, 6.07) is 3.06. The van der Waals surface area contributed by atoms with E-state index >= 15 is 0 Å². The van der Waals surface area contributed by atoms with Gasteiger partial charge in [0.05, 0.1) is 6.42 Å². The minimum Gasteiger partial charge on any atom is -0.477 e. The molecular weight excluding hydrogens is 356 g/mol. The van der Waals surface area contributed by atoms with E-state index in [1.165, 1.54) is 28.0 Å². The number of β-lactam (4-membered cyclic amide) rings is 1. The predicted octanol–water partition coefficient (Wildman–Crippen LogP) is 0.959. The quantitative estimate of drug-likeness (QED) is 0.531. The number of thiophene rings is 1. The SMILES string of the molecule is O=C(Cc1cccs1)N[C@@H]1C(=O)N2C(C(=O)O)=C(CS)CS[C@@H]12. The van der Waals surface area contributed by atoms with E-state index in [-0.39, 0.29) is 29.3 Å². The van der Waals surface area contributed by atoms with Gasteiger partial charge in [-0.2, -0.15) is 12.6 Å². The third kappa shape index (κ3) is 3.00. The molecule has 23 heavy (non-hydrogen) atoms. The van der Waals surface area contributed by atoms with Gasteiger partial charge in [-0.05, 0) is 17.0 Å². The smallest absolute Gasteiger partial charge is 0.352 e. The number of fused-ring (bicyclic) bond motifs is 1. The molecule has 0 spiro atoms. The Hall–Kier alpha value is -1.45. The number of thioether (sulfide) groups is 1. The zero-order valence-electron chi connectivity index (χ0n) is 11.9. The highest BCUT2D eigenvalue weighted by Crippen LogP contribution is 2.40. The number of carbonyl (C=O) groups is 3.